The number of nitrogens with two attached hydrogens (primary N) is 3. The number of hydrogen-bond donors (Lipinski definition) is 7. The lowest BCUT2D eigenvalue weighted by atomic mass is 9.79. The van der Waals surface area contributed by atoms with E-state index in [4.69, 9.17) is 46.2 Å². The first-order valence-corrected chi connectivity index (χ1v) is 23.1. The number of ketones is 1. The lowest BCUT2D eigenvalue weighted by Gasteiger charge is -2.37. The van der Waals surface area contributed by atoms with Gasteiger partial charge in [0.2, 0.25) is 0 Å². The molecule has 8 atom stereocenters. The molecule has 1 amide bonds. The molecule has 366 valence electrons. The van der Waals surface area contributed by atoms with Crippen LogP contribution in [-0.4, -0.2) is 112 Å². The number of benzene rings is 2. The maximum Gasteiger partial charge on any atom is 0.327 e. The number of methoxy groups -OCH3 is 1. The maximum absolute atomic E-state index is 14.9. The third kappa shape index (κ3) is 10.5. The van der Waals surface area contributed by atoms with Crippen LogP contribution < -0.4 is 38.1 Å². The Kier molecular flexibility index (Phi) is 15.5. The molecule has 18 heteroatoms. The number of esters is 1. The summed E-state index contributed by atoms with van der Waals surface area (Å²) in [6.07, 6.45) is 8.46. The highest BCUT2D eigenvalue weighted by molar-refractivity contribution is 6.19. The molecule has 4 bridgehead atoms. The number of aromatic hydroxyl groups is 2. The zero-order chi connectivity index (χ0) is 49.3. The van der Waals surface area contributed by atoms with E-state index in [0.717, 1.165) is 11.6 Å². The first-order chi connectivity index (χ1) is 31.5. The molecule has 0 saturated carbocycles. The molecule has 4 aliphatic heterocycles. The van der Waals surface area contributed by atoms with Crippen molar-refractivity contribution in [1.82, 2.24) is 9.91 Å². The van der Waals surface area contributed by atoms with Crippen LogP contribution in [0.1, 0.15) is 90.6 Å². The van der Waals surface area contributed by atoms with Gasteiger partial charge in [-0.3, -0.25) is 24.4 Å². The minimum absolute atomic E-state index is 0.0289. The number of fused-ring (bicyclic) bond motifs is 1. The van der Waals surface area contributed by atoms with Crippen LogP contribution in [-0.2, 0) is 23.8 Å². The Bertz CT molecular complexity index is 2500. The standard InChI is InChI=1S/C49H70N8O10/c1-25(2)22-56-17-15-49(16-18-56)54-38-35-36-42(60)31(8)45-37(35)46(62)48(9,67-45)65-19-14-33(64-10)29(6)44(66-34(58)24-57(52)23-32(51)21-50)30(7)41(59)28(5)20-26(3)12-11-13-27(4)47(63)53-40(43(36)61)39(38)55-49/h11-14,19,23,25-26,28-30,33,41,44,59-61H,15-18,20-22,24,50-52H2,1-10H3,(H,53,63)/b12-11+,19-14+,27-13-,32-23-/t26?,28-,29-,30-,33+,41?,44?,48?/m1/s1. The number of hydrogen-bond acceptors (Lipinski definition) is 17. The van der Waals surface area contributed by atoms with Crippen molar-refractivity contribution in [1.29, 1.82) is 0 Å². The number of aliphatic hydroxyl groups excluding tert-OH is 1. The minimum atomic E-state index is -1.98. The SMILES string of the molecule is CO[C@H]1/C=C/OC2(C)Oc3c(C)c(O)c4c(O)c(c5c(c4c3C2=O)=NC2(CCN(CC(C)C)CC2)N=5)NC(=O)/C(C)=C\C=C\C(C)C[C@@H](C)C(O)[C@@H](C)C(OC(=O)CN(N)/C=C(\N)CN)[C@@H]1C. The van der Waals surface area contributed by atoms with E-state index in [9.17, 15) is 29.7 Å². The van der Waals surface area contributed by atoms with Crippen molar-refractivity contribution in [3.8, 4) is 17.2 Å². The summed E-state index contributed by atoms with van der Waals surface area (Å²) < 4.78 is 24.5. The van der Waals surface area contributed by atoms with E-state index in [1.807, 2.05) is 19.9 Å². The van der Waals surface area contributed by atoms with E-state index in [1.54, 1.807) is 45.9 Å². The molecule has 1 spiro atoms. The molecule has 18 nitrogen and oxygen atoms in total. The van der Waals surface area contributed by atoms with Crippen LogP contribution >= 0.6 is 0 Å². The second kappa shape index (κ2) is 20.4. The average molecular weight is 931 g/mol. The molecule has 6 rings (SSSR count). The van der Waals surface area contributed by atoms with Gasteiger partial charge in [0.25, 0.3) is 11.7 Å². The second-order valence-corrected chi connectivity index (χ2v) is 19.4. The van der Waals surface area contributed by atoms with Gasteiger partial charge in [-0.15, -0.1) is 0 Å². The van der Waals surface area contributed by atoms with Crippen molar-refractivity contribution in [2.24, 2.45) is 56.9 Å². The molecule has 2 aromatic carbocycles. The maximum atomic E-state index is 14.9. The van der Waals surface area contributed by atoms with Crippen LogP contribution in [0.25, 0.3) is 10.8 Å². The van der Waals surface area contributed by atoms with Gasteiger partial charge in [-0.05, 0) is 44.1 Å². The van der Waals surface area contributed by atoms with Crippen molar-refractivity contribution in [3.05, 3.63) is 69.9 Å². The number of aliphatic hydroxyl groups is 1. The number of amides is 1. The number of nitrogens with one attached hydrogen (secondary N) is 1. The van der Waals surface area contributed by atoms with Gasteiger partial charge in [-0.2, -0.15) is 0 Å². The third-order valence-electron chi connectivity index (χ3n) is 13.5. The fourth-order valence-corrected chi connectivity index (χ4v) is 9.72. The minimum Gasteiger partial charge on any atom is -0.507 e. The Labute approximate surface area is 392 Å². The lowest BCUT2D eigenvalue weighted by Crippen LogP contribution is -2.46. The van der Waals surface area contributed by atoms with E-state index in [-0.39, 0.29) is 80.4 Å². The van der Waals surface area contributed by atoms with Crippen molar-refractivity contribution in [2.75, 3.05) is 45.2 Å². The Morgan fingerprint density at radius 2 is 1.73 bits per heavy atom. The van der Waals surface area contributed by atoms with Gasteiger partial charge in [0.15, 0.2) is 11.4 Å². The summed E-state index contributed by atoms with van der Waals surface area (Å²) >= 11 is 0. The number of rotatable bonds is 8. The summed E-state index contributed by atoms with van der Waals surface area (Å²) in [6.45, 7) is 18.5. The summed E-state index contributed by atoms with van der Waals surface area (Å²) in [5.41, 5.74) is 11.2. The van der Waals surface area contributed by atoms with Crippen LogP contribution in [0.15, 0.2) is 58.0 Å². The zero-order valence-electron chi connectivity index (χ0n) is 40.5. The number of piperidine rings is 1. The molecule has 67 heavy (non-hydrogen) atoms. The number of carbonyl (C=O) groups is 3. The number of nitrogens with zero attached hydrogens (tertiary/aromatic N) is 4. The van der Waals surface area contributed by atoms with Gasteiger partial charge in [0.05, 0.1) is 34.8 Å². The number of hydrazine groups is 1. The summed E-state index contributed by atoms with van der Waals surface area (Å²) in [6, 6.07) is 0. The Balaban J connectivity index is 1.48. The quantitative estimate of drug-likeness (QED) is 0.0861. The summed E-state index contributed by atoms with van der Waals surface area (Å²) in [5.74, 6) is 0.286. The molecule has 4 heterocycles. The Morgan fingerprint density at radius 1 is 1.06 bits per heavy atom. The lowest BCUT2D eigenvalue weighted by molar-refractivity contribution is -0.162. The van der Waals surface area contributed by atoms with Crippen molar-refractivity contribution < 1.29 is 48.7 Å². The molecule has 0 radical (unpaired) electrons. The van der Waals surface area contributed by atoms with E-state index in [0.29, 0.717) is 43.8 Å². The molecule has 2 aromatic rings. The van der Waals surface area contributed by atoms with E-state index in [2.05, 4.69) is 24.1 Å². The van der Waals surface area contributed by atoms with Gasteiger partial charge in [0, 0.05) is 93.3 Å². The monoisotopic (exact) mass is 931 g/mol. The Hall–Kier alpha value is -5.53. The number of Topliss-reactive ketones (excluding diaryl/α,β-unsaturated/α-hetero) is 1. The highest BCUT2D eigenvalue weighted by Crippen LogP contribution is 2.50. The fourth-order valence-electron chi connectivity index (χ4n) is 9.72. The molecule has 4 unspecified atom stereocenters. The number of ether oxygens (including phenoxy) is 4. The van der Waals surface area contributed by atoms with E-state index < -0.39 is 65.0 Å². The molecular formula is C49H70N8O10. The predicted octanol–water partition coefficient (Wildman–Crippen LogP) is 3.69. The number of allylic oxidation sites excluding steroid dienone is 3. The predicted molar refractivity (Wildman–Crippen MR) is 253 cm³/mol. The van der Waals surface area contributed by atoms with Crippen LogP contribution in [0.4, 0.5) is 5.69 Å². The highest BCUT2D eigenvalue weighted by Gasteiger charge is 2.50. The molecule has 4 aliphatic rings. The van der Waals surface area contributed by atoms with Crippen molar-refractivity contribution in [2.45, 2.75) is 111 Å². The number of phenols is 2. The normalized spacial score (nSPS) is 29.9. The molecular weight excluding hydrogens is 861 g/mol. The number of carbonyl (C=O) groups excluding carboxylic acids is 3. The van der Waals surface area contributed by atoms with Crippen molar-refractivity contribution >= 4 is 34.1 Å². The molecule has 0 aliphatic carbocycles. The van der Waals surface area contributed by atoms with Crippen LogP contribution in [0, 0.1) is 36.5 Å². The first-order valence-electron chi connectivity index (χ1n) is 23.1. The molecule has 1 saturated heterocycles. The smallest absolute Gasteiger partial charge is 0.327 e. The average Bonchev–Trinajstić information content (AvgIpc) is 3.77. The summed E-state index contributed by atoms with van der Waals surface area (Å²) in [4.78, 5) is 55.0. The molecule has 0 aromatic heterocycles. The second-order valence-electron chi connectivity index (χ2n) is 19.4. The zero-order valence-corrected chi connectivity index (χ0v) is 40.5. The highest BCUT2D eigenvalue weighted by atomic mass is 16.7. The fraction of sp³-hybridized carbons (Fsp3) is 0.571. The van der Waals surface area contributed by atoms with Crippen LogP contribution in [0.5, 0.6) is 17.2 Å². The third-order valence-corrected chi connectivity index (χ3v) is 13.5. The van der Waals surface area contributed by atoms with Gasteiger partial charge < -0.3 is 61.0 Å². The van der Waals surface area contributed by atoms with Crippen molar-refractivity contribution in [3.63, 3.8) is 0 Å². The van der Waals surface area contributed by atoms with Gasteiger partial charge in [-0.25, -0.2) is 5.84 Å². The first kappa shape index (κ1) is 50.9. The molecule has 10 N–H and O–H groups in total. The Morgan fingerprint density at radius 3 is 2.37 bits per heavy atom. The van der Waals surface area contributed by atoms with Crippen LogP contribution in [0.2, 0.25) is 0 Å². The number of likely N-dealkylation sites (tertiary alicyclic amines) is 1. The number of phenolic OH excluding ortho intramolecular Hbond substituents is 2. The summed E-state index contributed by atoms with van der Waals surface area (Å²) in [7, 11) is 1.47. The number of anilines is 1. The van der Waals surface area contributed by atoms with Gasteiger partial charge >= 0.3 is 11.8 Å². The van der Waals surface area contributed by atoms with Gasteiger partial charge in [-0.1, -0.05) is 59.8 Å². The van der Waals surface area contributed by atoms with E-state index in [1.165, 1.54) is 26.5 Å². The van der Waals surface area contributed by atoms with E-state index >= 15 is 0 Å². The molecule has 1 fully saturated rings. The topological polar surface area (TPSA) is 270 Å². The largest absolute Gasteiger partial charge is 0.507 e. The summed E-state index contributed by atoms with van der Waals surface area (Å²) in [5, 5.41) is 40.3. The van der Waals surface area contributed by atoms with Gasteiger partial charge in [0.1, 0.15) is 35.2 Å². The van der Waals surface area contributed by atoms with Crippen LogP contribution in [0.3, 0.4) is 0 Å².